The first-order valence-corrected chi connectivity index (χ1v) is 6.50. The molecule has 0 aliphatic heterocycles. The molecule has 1 aliphatic rings. The Labute approximate surface area is 110 Å². The van der Waals surface area contributed by atoms with Gasteiger partial charge in [0.25, 0.3) is 5.56 Å². The molecule has 1 heterocycles. The van der Waals surface area contributed by atoms with Crippen LogP contribution in [0.3, 0.4) is 0 Å². The van der Waals surface area contributed by atoms with E-state index in [1.165, 1.54) is 19.2 Å². The molecule has 1 aliphatic carbocycles. The zero-order valence-electron chi connectivity index (χ0n) is 10.8. The van der Waals surface area contributed by atoms with E-state index >= 15 is 0 Å². The molecule has 1 fully saturated rings. The van der Waals surface area contributed by atoms with E-state index < -0.39 is 0 Å². The van der Waals surface area contributed by atoms with Gasteiger partial charge in [-0.3, -0.25) is 4.79 Å². The SMILES string of the molecule is COc1cc(OC2CCCC2)c2c(=O)[nH]cnc2c1. The van der Waals surface area contributed by atoms with Gasteiger partial charge in [-0.15, -0.1) is 0 Å². The summed E-state index contributed by atoms with van der Waals surface area (Å²) in [6, 6.07) is 3.50. The first-order valence-electron chi connectivity index (χ1n) is 6.50. The smallest absolute Gasteiger partial charge is 0.262 e. The van der Waals surface area contributed by atoms with Crippen LogP contribution in [0.15, 0.2) is 23.3 Å². The number of H-pyrrole nitrogens is 1. The lowest BCUT2D eigenvalue weighted by atomic mass is 10.2. The van der Waals surface area contributed by atoms with Crippen molar-refractivity contribution in [1.29, 1.82) is 0 Å². The molecular weight excluding hydrogens is 244 g/mol. The van der Waals surface area contributed by atoms with Crippen LogP contribution in [0.1, 0.15) is 25.7 Å². The molecule has 0 amide bonds. The number of nitrogens with one attached hydrogen (secondary N) is 1. The van der Waals surface area contributed by atoms with Crippen molar-refractivity contribution in [3.8, 4) is 11.5 Å². The van der Waals surface area contributed by atoms with Gasteiger partial charge in [-0.25, -0.2) is 4.98 Å². The Morgan fingerprint density at radius 1 is 1.32 bits per heavy atom. The number of benzene rings is 1. The highest BCUT2D eigenvalue weighted by atomic mass is 16.5. The monoisotopic (exact) mass is 260 g/mol. The second kappa shape index (κ2) is 4.91. The quantitative estimate of drug-likeness (QED) is 0.919. The minimum absolute atomic E-state index is 0.180. The number of fused-ring (bicyclic) bond motifs is 1. The summed E-state index contributed by atoms with van der Waals surface area (Å²) in [5.74, 6) is 1.22. The average Bonchev–Trinajstić information content (AvgIpc) is 2.91. The lowest BCUT2D eigenvalue weighted by Crippen LogP contribution is -2.14. The number of aromatic amines is 1. The van der Waals surface area contributed by atoms with Crippen molar-refractivity contribution in [1.82, 2.24) is 9.97 Å². The Bertz CT molecular complexity index is 645. The topological polar surface area (TPSA) is 64.2 Å². The molecular formula is C14H16N2O3. The Kier molecular flexibility index (Phi) is 3.11. The van der Waals surface area contributed by atoms with Crippen LogP contribution in [-0.2, 0) is 0 Å². The Balaban J connectivity index is 2.11. The maximum atomic E-state index is 12.0. The summed E-state index contributed by atoms with van der Waals surface area (Å²) in [7, 11) is 1.59. The van der Waals surface area contributed by atoms with Crippen LogP contribution < -0.4 is 15.0 Å². The predicted molar refractivity (Wildman–Crippen MR) is 71.8 cm³/mol. The number of methoxy groups -OCH3 is 1. The predicted octanol–water partition coefficient (Wildman–Crippen LogP) is 2.25. The number of ether oxygens (including phenoxy) is 2. The fourth-order valence-corrected chi connectivity index (χ4v) is 2.54. The zero-order valence-corrected chi connectivity index (χ0v) is 10.8. The number of aromatic nitrogens is 2. The van der Waals surface area contributed by atoms with Gasteiger partial charge in [-0.1, -0.05) is 0 Å². The molecule has 100 valence electrons. The number of hydrogen-bond acceptors (Lipinski definition) is 4. The Morgan fingerprint density at radius 3 is 2.84 bits per heavy atom. The lowest BCUT2D eigenvalue weighted by molar-refractivity contribution is 0.212. The van der Waals surface area contributed by atoms with Gasteiger partial charge in [0.05, 0.1) is 25.1 Å². The summed E-state index contributed by atoms with van der Waals surface area (Å²) in [5, 5.41) is 0.496. The second-order valence-corrected chi connectivity index (χ2v) is 4.78. The van der Waals surface area contributed by atoms with Crippen molar-refractivity contribution in [3.05, 3.63) is 28.8 Å². The molecule has 0 atom stereocenters. The fourth-order valence-electron chi connectivity index (χ4n) is 2.54. The summed E-state index contributed by atoms with van der Waals surface area (Å²) in [5.41, 5.74) is 0.414. The molecule has 0 bridgehead atoms. The fraction of sp³-hybridized carbons (Fsp3) is 0.429. The van der Waals surface area contributed by atoms with Crippen LogP contribution in [0, 0.1) is 0 Å². The van der Waals surface area contributed by atoms with E-state index in [-0.39, 0.29) is 11.7 Å². The van der Waals surface area contributed by atoms with Crippen molar-refractivity contribution in [2.45, 2.75) is 31.8 Å². The molecule has 5 heteroatoms. The minimum Gasteiger partial charge on any atom is -0.497 e. The first-order chi connectivity index (χ1) is 9.28. The van der Waals surface area contributed by atoms with Crippen LogP contribution in [0.4, 0.5) is 0 Å². The number of rotatable bonds is 3. The van der Waals surface area contributed by atoms with E-state index in [0.29, 0.717) is 22.4 Å². The third-order valence-corrected chi connectivity index (χ3v) is 3.51. The van der Waals surface area contributed by atoms with E-state index in [2.05, 4.69) is 9.97 Å². The summed E-state index contributed by atoms with van der Waals surface area (Å²) in [4.78, 5) is 18.7. The first kappa shape index (κ1) is 12.0. The number of nitrogens with zero attached hydrogens (tertiary/aromatic N) is 1. The van der Waals surface area contributed by atoms with Crippen molar-refractivity contribution < 1.29 is 9.47 Å². The second-order valence-electron chi connectivity index (χ2n) is 4.78. The number of hydrogen-bond donors (Lipinski definition) is 1. The summed E-state index contributed by atoms with van der Waals surface area (Å²) in [6.45, 7) is 0. The molecule has 1 aromatic carbocycles. The molecule has 0 unspecified atom stereocenters. The highest BCUT2D eigenvalue weighted by Gasteiger charge is 2.19. The van der Waals surface area contributed by atoms with Gasteiger partial charge < -0.3 is 14.5 Å². The maximum Gasteiger partial charge on any atom is 0.262 e. The van der Waals surface area contributed by atoms with Gasteiger partial charge in [0, 0.05) is 12.1 Å². The van der Waals surface area contributed by atoms with E-state index in [0.717, 1.165) is 12.8 Å². The highest BCUT2D eigenvalue weighted by Crippen LogP contribution is 2.31. The van der Waals surface area contributed by atoms with Crippen molar-refractivity contribution in [2.24, 2.45) is 0 Å². The molecule has 1 aromatic heterocycles. The van der Waals surface area contributed by atoms with Crippen LogP contribution >= 0.6 is 0 Å². The van der Waals surface area contributed by atoms with Crippen molar-refractivity contribution in [2.75, 3.05) is 7.11 Å². The normalized spacial score (nSPS) is 15.8. The minimum atomic E-state index is -0.180. The van der Waals surface area contributed by atoms with Crippen LogP contribution in [0.25, 0.3) is 10.9 Å². The average molecular weight is 260 g/mol. The molecule has 1 saturated carbocycles. The van der Waals surface area contributed by atoms with E-state index in [1.54, 1.807) is 19.2 Å². The summed E-state index contributed by atoms with van der Waals surface area (Å²) >= 11 is 0. The largest absolute Gasteiger partial charge is 0.497 e. The molecule has 3 rings (SSSR count). The van der Waals surface area contributed by atoms with Crippen LogP contribution in [-0.4, -0.2) is 23.2 Å². The van der Waals surface area contributed by atoms with Crippen molar-refractivity contribution >= 4 is 10.9 Å². The van der Waals surface area contributed by atoms with Crippen LogP contribution in [0.5, 0.6) is 11.5 Å². The highest BCUT2D eigenvalue weighted by molar-refractivity contribution is 5.85. The third-order valence-electron chi connectivity index (χ3n) is 3.51. The summed E-state index contributed by atoms with van der Waals surface area (Å²) in [6.07, 6.45) is 6.02. The summed E-state index contributed by atoms with van der Waals surface area (Å²) < 4.78 is 11.2. The maximum absolute atomic E-state index is 12.0. The lowest BCUT2D eigenvalue weighted by Gasteiger charge is -2.15. The van der Waals surface area contributed by atoms with E-state index in [4.69, 9.17) is 9.47 Å². The van der Waals surface area contributed by atoms with Gasteiger partial charge in [0.1, 0.15) is 16.9 Å². The zero-order chi connectivity index (χ0) is 13.2. The van der Waals surface area contributed by atoms with E-state index in [9.17, 15) is 4.79 Å². The van der Waals surface area contributed by atoms with Gasteiger partial charge in [0.15, 0.2) is 0 Å². The van der Waals surface area contributed by atoms with Gasteiger partial charge >= 0.3 is 0 Å². The van der Waals surface area contributed by atoms with Gasteiger partial charge in [-0.2, -0.15) is 0 Å². The van der Waals surface area contributed by atoms with Crippen molar-refractivity contribution in [3.63, 3.8) is 0 Å². The van der Waals surface area contributed by atoms with Crippen LogP contribution in [0.2, 0.25) is 0 Å². The standard InChI is InChI=1S/C14H16N2O3/c1-18-10-6-11-13(14(17)16-8-15-11)12(7-10)19-9-4-2-3-5-9/h6-9H,2-5H2,1H3,(H,15,16,17). The molecule has 2 aromatic rings. The molecule has 1 N–H and O–H groups in total. The molecule has 0 radical (unpaired) electrons. The molecule has 0 saturated heterocycles. The molecule has 5 nitrogen and oxygen atoms in total. The Morgan fingerprint density at radius 2 is 2.11 bits per heavy atom. The van der Waals surface area contributed by atoms with E-state index in [1.807, 2.05) is 0 Å². The van der Waals surface area contributed by atoms with Gasteiger partial charge in [0.2, 0.25) is 0 Å². The molecule has 0 spiro atoms. The Hall–Kier alpha value is -2.04. The third kappa shape index (κ3) is 2.28. The molecule has 19 heavy (non-hydrogen) atoms. The van der Waals surface area contributed by atoms with Gasteiger partial charge in [-0.05, 0) is 25.7 Å².